The lowest BCUT2D eigenvalue weighted by atomic mass is 10.2. The molecule has 0 radical (unpaired) electrons. The van der Waals surface area contributed by atoms with Crippen LogP contribution in [0.3, 0.4) is 0 Å². The Kier molecular flexibility index (Phi) is 2.96. The van der Waals surface area contributed by atoms with Gasteiger partial charge in [0, 0.05) is 5.75 Å². The minimum absolute atomic E-state index is 0.480. The molecule has 0 aromatic carbocycles. The SMILES string of the molecule is CC#CC1COCSC1. The molecule has 50 valence electrons. The smallest absolute Gasteiger partial charge is 0.0921 e. The first kappa shape index (κ1) is 6.98. The zero-order valence-electron chi connectivity index (χ0n) is 5.52. The van der Waals surface area contributed by atoms with E-state index in [-0.39, 0.29) is 0 Å². The van der Waals surface area contributed by atoms with E-state index in [4.69, 9.17) is 4.74 Å². The predicted molar refractivity (Wildman–Crippen MR) is 40.2 cm³/mol. The maximum Gasteiger partial charge on any atom is 0.0921 e. The fourth-order valence-electron chi connectivity index (χ4n) is 0.775. The van der Waals surface area contributed by atoms with E-state index in [1.807, 2.05) is 18.7 Å². The molecule has 1 aliphatic rings. The predicted octanol–water partition coefficient (Wildman–Crippen LogP) is 1.35. The van der Waals surface area contributed by atoms with Crippen LogP contribution < -0.4 is 0 Å². The first-order valence-electron chi connectivity index (χ1n) is 3.01. The zero-order chi connectivity index (χ0) is 6.53. The van der Waals surface area contributed by atoms with E-state index >= 15 is 0 Å². The summed E-state index contributed by atoms with van der Waals surface area (Å²) in [5.74, 6) is 8.45. The molecule has 1 saturated heterocycles. The molecule has 0 aliphatic carbocycles. The monoisotopic (exact) mass is 142 g/mol. The normalized spacial score (nSPS) is 26.6. The second-order valence-electron chi connectivity index (χ2n) is 1.95. The van der Waals surface area contributed by atoms with Gasteiger partial charge in [-0.3, -0.25) is 0 Å². The molecule has 0 amide bonds. The second-order valence-corrected chi connectivity index (χ2v) is 2.93. The summed E-state index contributed by atoms with van der Waals surface area (Å²) in [6, 6.07) is 0. The summed E-state index contributed by atoms with van der Waals surface area (Å²) in [5.41, 5.74) is 0. The van der Waals surface area contributed by atoms with E-state index in [1.165, 1.54) is 0 Å². The van der Waals surface area contributed by atoms with Gasteiger partial charge in [-0.1, -0.05) is 5.92 Å². The average Bonchev–Trinajstić information content (AvgIpc) is 1.91. The molecule has 0 aromatic rings. The van der Waals surface area contributed by atoms with Gasteiger partial charge in [-0.05, 0) is 6.92 Å². The van der Waals surface area contributed by atoms with Crippen LogP contribution in [0.15, 0.2) is 0 Å². The van der Waals surface area contributed by atoms with Crippen molar-refractivity contribution in [1.29, 1.82) is 0 Å². The van der Waals surface area contributed by atoms with Crippen LogP contribution in [0.25, 0.3) is 0 Å². The van der Waals surface area contributed by atoms with Gasteiger partial charge in [-0.25, -0.2) is 0 Å². The number of rotatable bonds is 0. The van der Waals surface area contributed by atoms with Crippen LogP contribution in [0.4, 0.5) is 0 Å². The number of hydrogen-bond donors (Lipinski definition) is 0. The number of hydrogen-bond acceptors (Lipinski definition) is 2. The van der Waals surface area contributed by atoms with Crippen molar-refractivity contribution in [3.05, 3.63) is 0 Å². The molecular formula is C7H10OS. The van der Waals surface area contributed by atoms with Crippen molar-refractivity contribution < 1.29 is 4.74 Å². The summed E-state index contributed by atoms with van der Waals surface area (Å²) >= 11 is 1.82. The van der Waals surface area contributed by atoms with E-state index in [1.54, 1.807) is 0 Å². The Bertz CT molecular complexity index is 128. The van der Waals surface area contributed by atoms with Gasteiger partial charge in [0.05, 0.1) is 18.5 Å². The van der Waals surface area contributed by atoms with Crippen molar-refractivity contribution >= 4 is 11.8 Å². The first-order chi connectivity index (χ1) is 4.43. The third kappa shape index (κ3) is 2.30. The van der Waals surface area contributed by atoms with Gasteiger partial charge in [0.15, 0.2) is 0 Å². The summed E-state index contributed by atoms with van der Waals surface area (Å²) in [5, 5.41) is 0. The quantitative estimate of drug-likeness (QED) is 0.472. The van der Waals surface area contributed by atoms with Crippen molar-refractivity contribution in [3.63, 3.8) is 0 Å². The third-order valence-electron chi connectivity index (χ3n) is 1.15. The Hall–Kier alpha value is -0.130. The Morgan fingerprint density at radius 2 is 2.56 bits per heavy atom. The van der Waals surface area contributed by atoms with Crippen LogP contribution in [-0.2, 0) is 4.74 Å². The summed E-state index contributed by atoms with van der Waals surface area (Å²) in [7, 11) is 0. The molecule has 0 bridgehead atoms. The molecular weight excluding hydrogens is 132 g/mol. The number of ether oxygens (including phenoxy) is 1. The van der Waals surface area contributed by atoms with Gasteiger partial charge in [0.25, 0.3) is 0 Å². The standard InChI is InChI=1S/C7H10OS/c1-2-3-7-4-8-6-9-5-7/h7H,4-6H2,1H3. The molecule has 0 spiro atoms. The van der Waals surface area contributed by atoms with E-state index in [9.17, 15) is 0 Å². The molecule has 1 rings (SSSR count). The van der Waals surface area contributed by atoms with E-state index in [2.05, 4.69) is 11.8 Å². The highest BCUT2D eigenvalue weighted by atomic mass is 32.2. The summed E-state index contributed by atoms with van der Waals surface area (Å²) in [4.78, 5) is 0. The van der Waals surface area contributed by atoms with Crippen LogP contribution in [-0.4, -0.2) is 18.3 Å². The highest BCUT2D eigenvalue weighted by molar-refractivity contribution is 7.99. The maximum atomic E-state index is 5.20. The Balaban J connectivity index is 2.28. The number of thioether (sulfide) groups is 1. The molecule has 2 heteroatoms. The van der Waals surface area contributed by atoms with Gasteiger partial charge in [-0.15, -0.1) is 17.7 Å². The van der Waals surface area contributed by atoms with Gasteiger partial charge in [0.1, 0.15) is 0 Å². The average molecular weight is 142 g/mol. The Morgan fingerprint density at radius 1 is 1.67 bits per heavy atom. The molecule has 1 heterocycles. The van der Waals surface area contributed by atoms with Crippen LogP contribution >= 0.6 is 11.8 Å². The Labute approximate surface area is 60.2 Å². The third-order valence-corrected chi connectivity index (χ3v) is 2.12. The summed E-state index contributed by atoms with van der Waals surface area (Å²) in [6.45, 7) is 2.70. The summed E-state index contributed by atoms with van der Waals surface area (Å²) < 4.78 is 5.20. The van der Waals surface area contributed by atoms with Crippen molar-refractivity contribution in [2.45, 2.75) is 6.92 Å². The molecule has 1 unspecified atom stereocenters. The first-order valence-corrected chi connectivity index (χ1v) is 4.16. The molecule has 9 heavy (non-hydrogen) atoms. The van der Waals surface area contributed by atoms with Crippen LogP contribution in [0, 0.1) is 17.8 Å². The van der Waals surface area contributed by atoms with Gasteiger partial charge < -0.3 is 4.74 Å². The van der Waals surface area contributed by atoms with Crippen LogP contribution in [0.5, 0.6) is 0 Å². The van der Waals surface area contributed by atoms with Crippen LogP contribution in [0.1, 0.15) is 6.92 Å². The molecule has 1 aliphatic heterocycles. The molecule has 0 aromatic heterocycles. The molecule has 1 nitrogen and oxygen atoms in total. The van der Waals surface area contributed by atoms with E-state index < -0.39 is 0 Å². The van der Waals surface area contributed by atoms with Crippen LogP contribution in [0.2, 0.25) is 0 Å². The molecule has 1 atom stereocenters. The maximum absolute atomic E-state index is 5.20. The van der Waals surface area contributed by atoms with Crippen molar-refractivity contribution in [3.8, 4) is 11.8 Å². The van der Waals surface area contributed by atoms with E-state index in [0.717, 1.165) is 18.3 Å². The highest BCUT2D eigenvalue weighted by Crippen LogP contribution is 2.14. The summed E-state index contributed by atoms with van der Waals surface area (Å²) in [6.07, 6.45) is 0. The fraction of sp³-hybridized carbons (Fsp3) is 0.714. The van der Waals surface area contributed by atoms with Crippen molar-refractivity contribution in [2.75, 3.05) is 18.3 Å². The lowest BCUT2D eigenvalue weighted by Crippen LogP contribution is -2.15. The molecule has 0 saturated carbocycles. The van der Waals surface area contributed by atoms with Crippen molar-refractivity contribution in [2.24, 2.45) is 5.92 Å². The molecule has 0 N–H and O–H groups in total. The Morgan fingerprint density at radius 3 is 3.11 bits per heavy atom. The zero-order valence-corrected chi connectivity index (χ0v) is 6.33. The van der Waals surface area contributed by atoms with Gasteiger partial charge in [0.2, 0.25) is 0 Å². The van der Waals surface area contributed by atoms with E-state index in [0.29, 0.717) is 5.92 Å². The highest BCUT2D eigenvalue weighted by Gasteiger charge is 2.09. The fourth-order valence-corrected chi connectivity index (χ4v) is 1.55. The largest absolute Gasteiger partial charge is 0.370 e. The second kappa shape index (κ2) is 3.81. The van der Waals surface area contributed by atoms with Gasteiger partial charge >= 0.3 is 0 Å². The minimum Gasteiger partial charge on any atom is -0.370 e. The molecule has 1 fully saturated rings. The minimum atomic E-state index is 0.480. The van der Waals surface area contributed by atoms with Crippen molar-refractivity contribution in [1.82, 2.24) is 0 Å². The lowest BCUT2D eigenvalue weighted by Gasteiger charge is -2.15. The van der Waals surface area contributed by atoms with Gasteiger partial charge in [-0.2, -0.15) is 0 Å². The topological polar surface area (TPSA) is 9.23 Å². The lowest BCUT2D eigenvalue weighted by molar-refractivity contribution is 0.156.